The lowest BCUT2D eigenvalue weighted by Crippen LogP contribution is -2.15. The second-order valence-electron chi connectivity index (χ2n) is 2.08. The lowest BCUT2D eigenvalue weighted by atomic mass is 10.1. The second-order valence-corrected chi connectivity index (χ2v) is 2.64. The Morgan fingerprint density at radius 2 is 2.73 bits per heavy atom. The zero-order chi connectivity index (χ0) is 8.10. The van der Waals surface area contributed by atoms with Gasteiger partial charge in [-0.05, 0) is 7.05 Å². The minimum absolute atomic E-state index is 0.152. The number of nitrogens with zero attached hydrogens (tertiary/aromatic N) is 2. The zero-order valence-corrected chi connectivity index (χ0v) is 7.06. The van der Waals surface area contributed by atoms with Crippen LogP contribution in [-0.4, -0.2) is 15.8 Å². The fourth-order valence-corrected chi connectivity index (χ4v) is 1.27. The van der Waals surface area contributed by atoms with Gasteiger partial charge in [0.2, 0.25) is 0 Å². The molecule has 0 aromatic carbocycles. The molecule has 3 nitrogen and oxygen atoms in total. The monoisotopic (exact) mass is 167 g/mol. The molecule has 0 saturated carbocycles. The molecule has 0 aliphatic heterocycles. The summed E-state index contributed by atoms with van der Waals surface area (Å²) in [4.78, 5) is 0. The van der Waals surface area contributed by atoms with E-state index in [2.05, 4.69) is 20.0 Å². The molecule has 0 saturated heterocycles. The average molecular weight is 167 g/mol. The van der Waals surface area contributed by atoms with Crippen molar-refractivity contribution in [2.75, 3.05) is 7.05 Å². The van der Waals surface area contributed by atoms with Gasteiger partial charge in [0, 0.05) is 6.42 Å². The molecule has 0 radical (unpaired) electrons. The normalized spacial score (nSPS) is 12.4. The molecule has 0 amide bonds. The average Bonchev–Trinajstić information content (AvgIpc) is 2.52. The molecule has 1 aromatic rings. The summed E-state index contributed by atoms with van der Waals surface area (Å²) in [6, 6.07) is 0.152. The molecule has 1 atom stereocenters. The van der Waals surface area contributed by atoms with Gasteiger partial charge < -0.3 is 5.32 Å². The quantitative estimate of drug-likeness (QED) is 0.677. The van der Waals surface area contributed by atoms with E-state index in [1.54, 1.807) is 6.20 Å². The third kappa shape index (κ3) is 2.00. The van der Waals surface area contributed by atoms with Gasteiger partial charge in [-0.3, -0.25) is 0 Å². The van der Waals surface area contributed by atoms with Crippen LogP contribution in [0.4, 0.5) is 0 Å². The van der Waals surface area contributed by atoms with Gasteiger partial charge in [0.1, 0.15) is 0 Å². The summed E-state index contributed by atoms with van der Waals surface area (Å²) >= 11 is 1.20. The number of hydrogen-bond acceptors (Lipinski definition) is 4. The number of rotatable bonds is 3. The topological polar surface area (TPSA) is 37.8 Å². The van der Waals surface area contributed by atoms with Gasteiger partial charge in [-0.1, -0.05) is 0 Å². The van der Waals surface area contributed by atoms with Crippen LogP contribution in [-0.2, 0) is 0 Å². The van der Waals surface area contributed by atoms with Crippen LogP contribution in [0.5, 0.6) is 0 Å². The van der Waals surface area contributed by atoms with Crippen molar-refractivity contribution in [3.63, 3.8) is 0 Å². The molecule has 4 heteroatoms. The van der Waals surface area contributed by atoms with Gasteiger partial charge in [-0.2, -0.15) is 8.75 Å². The van der Waals surface area contributed by atoms with Gasteiger partial charge in [-0.25, -0.2) is 0 Å². The first-order valence-corrected chi connectivity index (χ1v) is 3.99. The van der Waals surface area contributed by atoms with E-state index in [1.807, 2.05) is 7.05 Å². The van der Waals surface area contributed by atoms with E-state index in [9.17, 15) is 0 Å². The molecule has 1 heterocycles. The summed E-state index contributed by atoms with van der Waals surface area (Å²) in [6.07, 6.45) is 7.57. The van der Waals surface area contributed by atoms with E-state index in [1.165, 1.54) is 11.7 Å². The Balaban J connectivity index is 2.65. The molecule has 0 aliphatic rings. The summed E-state index contributed by atoms with van der Waals surface area (Å²) in [5.41, 5.74) is 0.926. The Bertz CT molecular complexity index is 237. The van der Waals surface area contributed by atoms with Gasteiger partial charge >= 0.3 is 0 Å². The summed E-state index contributed by atoms with van der Waals surface area (Å²) in [5.74, 6) is 2.58. The first-order valence-electron chi connectivity index (χ1n) is 3.26. The van der Waals surface area contributed by atoms with E-state index < -0.39 is 0 Å². The Morgan fingerprint density at radius 1 is 1.91 bits per heavy atom. The third-order valence-corrected chi connectivity index (χ3v) is 1.90. The molecule has 0 spiro atoms. The molecule has 1 aromatic heterocycles. The van der Waals surface area contributed by atoms with E-state index in [0.717, 1.165) is 5.69 Å². The van der Waals surface area contributed by atoms with Crippen LogP contribution in [0.15, 0.2) is 6.20 Å². The van der Waals surface area contributed by atoms with Gasteiger partial charge in [-0.15, -0.1) is 12.3 Å². The third-order valence-electron chi connectivity index (χ3n) is 1.41. The van der Waals surface area contributed by atoms with Crippen molar-refractivity contribution in [2.24, 2.45) is 0 Å². The van der Waals surface area contributed by atoms with Crippen molar-refractivity contribution >= 4 is 11.7 Å². The minimum atomic E-state index is 0.152. The first kappa shape index (κ1) is 8.18. The Hall–Kier alpha value is -0.920. The van der Waals surface area contributed by atoms with Crippen molar-refractivity contribution < 1.29 is 0 Å². The van der Waals surface area contributed by atoms with Crippen molar-refractivity contribution in [2.45, 2.75) is 12.5 Å². The number of nitrogens with one attached hydrogen (secondary N) is 1. The zero-order valence-electron chi connectivity index (χ0n) is 6.24. The molecule has 1 unspecified atom stereocenters. The molecule has 0 bridgehead atoms. The van der Waals surface area contributed by atoms with E-state index >= 15 is 0 Å². The van der Waals surface area contributed by atoms with E-state index in [4.69, 9.17) is 6.42 Å². The minimum Gasteiger partial charge on any atom is -0.311 e. The van der Waals surface area contributed by atoms with Crippen LogP contribution in [0, 0.1) is 12.3 Å². The molecule has 0 fully saturated rings. The summed E-state index contributed by atoms with van der Waals surface area (Å²) < 4.78 is 7.97. The summed E-state index contributed by atoms with van der Waals surface area (Å²) in [5, 5.41) is 3.07. The van der Waals surface area contributed by atoms with Crippen LogP contribution in [0.1, 0.15) is 18.2 Å². The lowest BCUT2D eigenvalue weighted by Gasteiger charge is -2.07. The maximum absolute atomic E-state index is 5.18. The lowest BCUT2D eigenvalue weighted by molar-refractivity contribution is 0.599. The molecule has 1 rings (SSSR count). The van der Waals surface area contributed by atoms with Crippen LogP contribution in [0.3, 0.4) is 0 Å². The Labute approximate surface area is 70.2 Å². The SMILES string of the molecule is C#CCC(NC)c1cnsn1. The summed E-state index contributed by atoms with van der Waals surface area (Å²) in [7, 11) is 1.86. The Kier molecular flexibility index (Phi) is 3.02. The van der Waals surface area contributed by atoms with E-state index in [-0.39, 0.29) is 6.04 Å². The highest BCUT2D eigenvalue weighted by Crippen LogP contribution is 2.12. The highest BCUT2D eigenvalue weighted by Gasteiger charge is 2.09. The predicted octanol–water partition coefficient (Wildman–Crippen LogP) is 0.822. The Morgan fingerprint density at radius 3 is 3.18 bits per heavy atom. The molecule has 0 aliphatic carbocycles. The fourth-order valence-electron chi connectivity index (χ4n) is 0.798. The van der Waals surface area contributed by atoms with Crippen molar-refractivity contribution in [1.82, 2.24) is 14.1 Å². The van der Waals surface area contributed by atoms with Gasteiger partial charge in [0.05, 0.1) is 29.7 Å². The largest absolute Gasteiger partial charge is 0.311 e. The molecule has 11 heavy (non-hydrogen) atoms. The number of hydrogen-bond donors (Lipinski definition) is 1. The molecule has 58 valence electrons. The first-order chi connectivity index (χ1) is 5.38. The number of terminal acetylenes is 1. The number of aromatic nitrogens is 2. The van der Waals surface area contributed by atoms with E-state index in [0.29, 0.717) is 6.42 Å². The smallest absolute Gasteiger partial charge is 0.0921 e. The van der Waals surface area contributed by atoms with Crippen LogP contribution >= 0.6 is 11.7 Å². The summed E-state index contributed by atoms with van der Waals surface area (Å²) in [6.45, 7) is 0. The highest BCUT2D eigenvalue weighted by molar-refractivity contribution is 6.99. The maximum Gasteiger partial charge on any atom is 0.0921 e. The van der Waals surface area contributed by atoms with Gasteiger partial charge in [0.25, 0.3) is 0 Å². The van der Waals surface area contributed by atoms with Crippen LogP contribution in [0.2, 0.25) is 0 Å². The predicted molar refractivity (Wildman–Crippen MR) is 45.2 cm³/mol. The second kappa shape index (κ2) is 4.06. The molecular weight excluding hydrogens is 158 g/mol. The van der Waals surface area contributed by atoms with Crippen LogP contribution < -0.4 is 5.32 Å². The van der Waals surface area contributed by atoms with Crippen molar-refractivity contribution in [3.8, 4) is 12.3 Å². The maximum atomic E-state index is 5.18. The van der Waals surface area contributed by atoms with Crippen molar-refractivity contribution in [1.29, 1.82) is 0 Å². The highest BCUT2D eigenvalue weighted by atomic mass is 32.1. The molecule has 1 N–H and O–H groups in total. The van der Waals surface area contributed by atoms with Crippen molar-refractivity contribution in [3.05, 3.63) is 11.9 Å². The standard InChI is InChI=1S/C7H9N3S/c1-3-4-6(8-2)7-5-9-11-10-7/h1,5-6,8H,4H2,2H3. The van der Waals surface area contributed by atoms with Crippen LogP contribution in [0.25, 0.3) is 0 Å². The molecular formula is C7H9N3S. The van der Waals surface area contributed by atoms with Gasteiger partial charge in [0.15, 0.2) is 0 Å². The fraction of sp³-hybridized carbons (Fsp3) is 0.429.